The molecule has 0 amide bonds. The Morgan fingerprint density at radius 1 is 1.29 bits per heavy atom. The lowest BCUT2D eigenvalue weighted by atomic mass is 10.1. The van der Waals surface area contributed by atoms with Crippen molar-refractivity contribution in [1.29, 1.82) is 0 Å². The first-order valence-electron chi connectivity index (χ1n) is 6.23. The zero-order chi connectivity index (χ0) is 10.2. The first kappa shape index (κ1) is 12.0. The van der Waals surface area contributed by atoms with Crippen LogP contribution in [-0.2, 0) is 0 Å². The predicted octanol–water partition coefficient (Wildman–Crippen LogP) is 2.11. The normalized spacial score (nSPS) is 23.1. The van der Waals surface area contributed by atoms with Crippen molar-refractivity contribution in [2.24, 2.45) is 5.92 Å². The predicted molar refractivity (Wildman–Crippen MR) is 62.6 cm³/mol. The van der Waals surface area contributed by atoms with Gasteiger partial charge in [0.1, 0.15) is 0 Å². The van der Waals surface area contributed by atoms with E-state index < -0.39 is 0 Å². The number of hydrogen-bond acceptors (Lipinski definition) is 2. The molecule has 1 aliphatic rings. The molecule has 14 heavy (non-hydrogen) atoms. The maximum absolute atomic E-state index is 3.20. The molecule has 1 N–H and O–H groups in total. The standard InChI is InChI=1S/C12H26N2/c1-3-12-7-10-14(11-12)9-6-4-5-8-13-2/h12-13H,3-11H2,1-2H3. The summed E-state index contributed by atoms with van der Waals surface area (Å²) >= 11 is 0. The van der Waals surface area contributed by atoms with E-state index >= 15 is 0 Å². The van der Waals surface area contributed by atoms with Crippen LogP contribution in [0.3, 0.4) is 0 Å². The first-order chi connectivity index (χ1) is 6.86. The highest BCUT2D eigenvalue weighted by atomic mass is 15.1. The van der Waals surface area contributed by atoms with E-state index in [0.717, 1.165) is 5.92 Å². The Morgan fingerprint density at radius 3 is 2.79 bits per heavy atom. The van der Waals surface area contributed by atoms with Crippen LogP contribution in [-0.4, -0.2) is 38.1 Å². The molecule has 1 atom stereocenters. The van der Waals surface area contributed by atoms with Crippen LogP contribution in [0.5, 0.6) is 0 Å². The molecule has 2 heteroatoms. The summed E-state index contributed by atoms with van der Waals surface area (Å²) in [6.07, 6.45) is 6.91. The van der Waals surface area contributed by atoms with E-state index in [1.807, 2.05) is 7.05 Å². The molecule has 0 aromatic rings. The van der Waals surface area contributed by atoms with Crippen molar-refractivity contribution in [1.82, 2.24) is 10.2 Å². The van der Waals surface area contributed by atoms with E-state index in [4.69, 9.17) is 0 Å². The lowest BCUT2D eigenvalue weighted by Crippen LogP contribution is -2.22. The van der Waals surface area contributed by atoms with Gasteiger partial charge in [0, 0.05) is 6.54 Å². The van der Waals surface area contributed by atoms with Gasteiger partial charge in [-0.05, 0) is 51.9 Å². The molecule has 0 aromatic heterocycles. The molecule has 0 aromatic carbocycles. The van der Waals surface area contributed by atoms with Gasteiger partial charge < -0.3 is 10.2 Å². The Balaban J connectivity index is 1.92. The highest BCUT2D eigenvalue weighted by Gasteiger charge is 2.19. The second-order valence-electron chi connectivity index (χ2n) is 4.53. The zero-order valence-corrected chi connectivity index (χ0v) is 9.89. The van der Waals surface area contributed by atoms with Crippen molar-refractivity contribution in [2.75, 3.05) is 33.2 Å². The first-order valence-corrected chi connectivity index (χ1v) is 6.23. The molecule has 2 nitrogen and oxygen atoms in total. The third-order valence-electron chi connectivity index (χ3n) is 3.35. The summed E-state index contributed by atoms with van der Waals surface area (Å²) in [6.45, 7) is 7.55. The quantitative estimate of drug-likeness (QED) is 0.630. The molecule has 0 aliphatic carbocycles. The van der Waals surface area contributed by atoms with Crippen LogP contribution >= 0.6 is 0 Å². The number of likely N-dealkylation sites (tertiary alicyclic amines) is 1. The lowest BCUT2D eigenvalue weighted by Gasteiger charge is -2.15. The van der Waals surface area contributed by atoms with E-state index in [2.05, 4.69) is 17.1 Å². The average Bonchev–Trinajstić information content (AvgIpc) is 2.65. The largest absolute Gasteiger partial charge is 0.320 e. The fraction of sp³-hybridized carbons (Fsp3) is 1.00. The fourth-order valence-corrected chi connectivity index (χ4v) is 2.26. The number of unbranched alkanes of at least 4 members (excludes halogenated alkanes) is 2. The smallest absolute Gasteiger partial charge is 0.00100 e. The fourth-order valence-electron chi connectivity index (χ4n) is 2.26. The van der Waals surface area contributed by atoms with Crippen LogP contribution in [0.1, 0.15) is 39.0 Å². The summed E-state index contributed by atoms with van der Waals surface area (Å²) in [6, 6.07) is 0. The molecule has 1 heterocycles. The summed E-state index contributed by atoms with van der Waals surface area (Å²) in [5.74, 6) is 0.993. The minimum Gasteiger partial charge on any atom is -0.320 e. The van der Waals surface area contributed by atoms with Crippen LogP contribution in [0.4, 0.5) is 0 Å². The monoisotopic (exact) mass is 198 g/mol. The number of hydrogen-bond donors (Lipinski definition) is 1. The molecule has 0 radical (unpaired) electrons. The van der Waals surface area contributed by atoms with Crippen LogP contribution in [0.15, 0.2) is 0 Å². The van der Waals surface area contributed by atoms with Crippen LogP contribution in [0.25, 0.3) is 0 Å². The Labute approximate surface area is 89.1 Å². The van der Waals surface area contributed by atoms with Crippen LogP contribution in [0.2, 0.25) is 0 Å². The van der Waals surface area contributed by atoms with E-state index in [0.29, 0.717) is 0 Å². The second-order valence-corrected chi connectivity index (χ2v) is 4.53. The van der Waals surface area contributed by atoms with E-state index in [1.165, 1.54) is 58.3 Å². The maximum atomic E-state index is 3.20. The Bertz CT molecular complexity index is 136. The van der Waals surface area contributed by atoms with Gasteiger partial charge in [-0.25, -0.2) is 0 Å². The topological polar surface area (TPSA) is 15.3 Å². The molecule has 1 unspecified atom stereocenters. The summed E-state index contributed by atoms with van der Waals surface area (Å²) in [5.41, 5.74) is 0. The van der Waals surface area contributed by atoms with Gasteiger partial charge in [0.05, 0.1) is 0 Å². The van der Waals surface area contributed by atoms with E-state index in [1.54, 1.807) is 0 Å². The maximum Gasteiger partial charge on any atom is 0.00100 e. The van der Waals surface area contributed by atoms with Gasteiger partial charge in [-0.3, -0.25) is 0 Å². The van der Waals surface area contributed by atoms with Gasteiger partial charge in [-0.15, -0.1) is 0 Å². The van der Waals surface area contributed by atoms with Gasteiger partial charge in [0.15, 0.2) is 0 Å². The van der Waals surface area contributed by atoms with Crippen molar-refractivity contribution in [2.45, 2.75) is 39.0 Å². The summed E-state index contributed by atoms with van der Waals surface area (Å²) in [7, 11) is 2.03. The third kappa shape index (κ3) is 4.43. The third-order valence-corrected chi connectivity index (χ3v) is 3.35. The van der Waals surface area contributed by atoms with E-state index in [9.17, 15) is 0 Å². The molecular weight excluding hydrogens is 172 g/mol. The molecule has 84 valence electrons. The zero-order valence-electron chi connectivity index (χ0n) is 9.89. The van der Waals surface area contributed by atoms with Crippen molar-refractivity contribution in [3.8, 4) is 0 Å². The molecule has 1 saturated heterocycles. The SMILES string of the molecule is CCC1CCN(CCCCCNC)C1. The molecule has 0 bridgehead atoms. The summed E-state index contributed by atoms with van der Waals surface area (Å²) < 4.78 is 0. The number of nitrogens with one attached hydrogen (secondary N) is 1. The number of nitrogens with zero attached hydrogens (tertiary/aromatic N) is 1. The summed E-state index contributed by atoms with van der Waals surface area (Å²) in [4.78, 5) is 2.65. The van der Waals surface area contributed by atoms with Crippen LogP contribution in [0, 0.1) is 5.92 Å². The Kier molecular flexibility index (Phi) is 6.20. The summed E-state index contributed by atoms with van der Waals surface area (Å²) in [5, 5.41) is 3.20. The molecule has 0 saturated carbocycles. The lowest BCUT2D eigenvalue weighted by molar-refractivity contribution is 0.313. The molecular formula is C12H26N2. The van der Waals surface area contributed by atoms with Crippen molar-refractivity contribution in [3.05, 3.63) is 0 Å². The van der Waals surface area contributed by atoms with Crippen molar-refractivity contribution >= 4 is 0 Å². The molecule has 1 fully saturated rings. The average molecular weight is 198 g/mol. The Morgan fingerprint density at radius 2 is 2.14 bits per heavy atom. The van der Waals surface area contributed by atoms with Gasteiger partial charge in [0.25, 0.3) is 0 Å². The number of rotatable bonds is 7. The second kappa shape index (κ2) is 7.24. The molecule has 1 aliphatic heterocycles. The molecule has 0 spiro atoms. The van der Waals surface area contributed by atoms with Gasteiger partial charge in [-0.2, -0.15) is 0 Å². The minimum absolute atomic E-state index is 0.993. The highest BCUT2D eigenvalue weighted by Crippen LogP contribution is 2.19. The van der Waals surface area contributed by atoms with Crippen LogP contribution < -0.4 is 5.32 Å². The van der Waals surface area contributed by atoms with Crippen molar-refractivity contribution in [3.63, 3.8) is 0 Å². The van der Waals surface area contributed by atoms with E-state index in [-0.39, 0.29) is 0 Å². The highest BCUT2D eigenvalue weighted by molar-refractivity contribution is 4.74. The molecule has 1 rings (SSSR count). The van der Waals surface area contributed by atoms with Gasteiger partial charge in [-0.1, -0.05) is 19.8 Å². The minimum atomic E-state index is 0.993. The van der Waals surface area contributed by atoms with Gasteiger partial charge >= 0.3 is 0 Å². The van der Waals surface area contributed by atoms with Crippen molar-refractivity contribution < 1.29 is 0 Å². The van der Waals surface area contributed by atoms with Gasteiger partial charge in [0.2, 0.25) is 0 Å². The Hall–Kier alpha value is -0.0800.